The molecule has 1 aromatic carbocycles. The Kier molecular flexibility index (Phi) is 4.93. The minimum atomic E-state index is -3.44. The highest BCUT2D eigenvalue weighted by atomic mass is 32.2. The molecule has 2 rings (SSSR count). The number of benzene rings is 1. The van der Waals surface area contributed by atoms with Crippen LogP contribution in [0.5, 0.6) is 0 Å². The van der Waals surface area contributed by atoms with E-state index >= 15 is 0 Å². The summed E-state index contributed by atoms with van der Waals surface area (Å²) in [5, 5.41) is 11.7. The van der Waals surface area contributed by atoms with E-state index in [-0.39, 0.29) is 23.7 Å². The van der Waals surface area contributed by atoms with Gasteiger partial charge in [0, 0.05) is 19.6 Å². The van der Waals surface area contributed by atoms with Gasteiger partial charge in [0.05, 0.1) is 16.1 Å². The quantitative estimate of drug-likeness (QED) is 0.831. The molecule has 1 heterocycles. The van der Waals surface area contributed by atoms with Crippen LogP contribution in [0.4, 0.5) is 4.79 Å². The van der Waals surface area contributed by atoms with Gasteiger partial charge < -0.3 is 15.3 Å². The Morgan fingerprint density at radius 1 is 1.30 bits per heavy atom. The number of carbonyl (C=O) groups is 2. The highest BCUT2D eigenvalue weighted by molar-refractivity contribution is 7.91. The third-order valence-corrected chi connectivity index (χ3v) is 5.76. The van der Waals surface area contributed by atoms with E-state index in [1.165, 1.54) is 17.0 Å². The third kappa shape index (κ3) is 4.01. The molecule has 1 aliphatic heterocycles. The molecule has 0 aliphatic carbocycles. The molecular weight excluding hydrogens is 320 g/mol. The summed E-state index contributed by atoms with van der Waals surface area (Å²) >= 11 is 0. The molecule has 0 spiro atoms. The maximum absolute atomic E-state index is 12.1. The standard InChI is InChI=1S/C15H20N2O5S/c1-15(13(18)19)7-9-17(11-15)14(20)16-8-10-23(21,22)12-5-3-2-4-6-12/h2-6H,7-11H2,1H3,(H,16,20)(H,18,19). The molecule has 0 radical (unpaired) electrons. The van der Waals surface area contributed by atoms with E-state index in [1.54, 1.807) is 25.1 Å². The first kappa shape index (κ1) is 17.3. The largest absolute Gasteiger partial charge is 0.481 e. The number of likely N-dealkylation sites (tertiary alicyclic amines) is 1. The van der Waals surface area contributed by atoms with Crippen molar-refractivity contribution < 1.29 is 23.1 Å². The number of sulfone groups is 1. The third-order valence-electron chi connectivity index (χ3n) is 4.03. The molecule has 1 aromatic rings. The van der Waals surface area contributed by atoms with E-state index in [1.807, 2.05) is 0 Å². The van der Waals surface area contributed by atoms with Crippen LogP contribution in [0.2, 0.25) is 0 Å². The zero-order valence-corrected chi connectivity index (χ0v) is 13.7. The molecule has 1 saturated heterocycles. The molecule has 8 heteroatoms. The van der Waals surface area contributed by atoms with E-state index in [2.05, 4.69) is 5.32 Å². The van der Waals surface area contributed by atoms with Crippen molar-refractivity contribution in [1.29, 1.82) is 0 Å². The monoisotopic (exact) mass is 340 g/mol. The predicted octanol–water partition coefficient (Wildman–Crippen LogP) is 0.967. The van der Waals surface area contributed by atoms with Crippen LogP contribution in [0.25, 0.3) is 0 Å². The van der Waals surface area contributed by atoms with Gasteiger partial charge in [-0.15, -0.1) is 0 Å². The van der Waals surface area contributed by atoms with Crippen LogP contribution in [-0.4, -0.2) is 55.8 Å². The fraction of sp³-hybridized carbons (Fsp3) is 0.467. The molecule has 2 N–H and O–H groups in total. The van der Waals surface area contributed by atoms with Crippen molar-refractivity contribution >= 4 is 21.8 Å². The van der Waals surface area contributed by atoms with Crippen molar-refractivity contribution in [2.45, 2.75) is 18.2 Å². The van der Waals surface area contributed by atoms with Crippen LogP contribution in [0, 0.1) is 5.41 Å². The first-order chi connectivity index (χ1) is 10.7. The Morgan fingerprint density at radius 3 is 2.52 bits per heavy atom. The minimum absolute atomic E-state index is 0.0175. The average molecular weight is 340 g/mol. The number of nitrogens with zero attached hydrogens (tertiary/aromatic N) is 1. The second-order valence-corrected chi connectivity index (χ2v) is 8.01. The molecule has 126 valence electrons. The van der Waals surface area contributed by atoms with Gasteiger partial charge in [0.1, 0.15) is 0 Å². The molecule has 23 heavy (non-hydrogen) atoms. The van der Waals surface area contributed by atoms with Crippen LogP contribution < -0.4 is 5.32 Å². The molecular formula is C15H20N2O5S. The van der Waals surface area contributed by atoms with Crippen molar-refractivity contribution in [3.05, 3.63) is 30.3 Å². The van der Waals surface area contributed by atoms with Gasteiger partial charge >= 0.3 is 12.0 Å². The highest BCUT2D eigenvalue weighted by Gasteiger charge is 2.42. The number of carbonyl (C=O) groups excluding carboxylic acids is 1. The minimum Gasteiger partial charge on any atom is -0.481 e. The molecule has 1 unspecified atom stereocenters. The fourth-order valence-electron chi connectivity index (χ4n) is 2.46. The van der Waals surface area contributed by atoms with Crippen molar-refractivity contribution in [3.8, 4) is 0 Å². The number of amides is 2. The smallest absolute Gasteiger partial charge is 0.317 e. The van der Waals surface area contributed by atoms with Crippen molar-refractivity contribution in [2.24, 2.45) is 5.41 Å². The molecule has 1 aliphatic rings. The maximum Gasteiger partial charge on any atom is 0.317 e. The Labute approximate surface area is 135 Å². The molecule has 0 saturated carbocycles. The summed E-state index contributed by atoms with van der Waals surface area (Å²) in [5.41, 5.74) is -0.937. The second-order valence-electron chi connectivity index (χ2n) is 5.90. The highest BCUT2D eigenvalue weighted by Crippen LogP contribution is 2.29. The Hall–Kier alpha value is -2.09. The topological polar surface area (TPSA) is 104 Å². The summed E-state index contributed by atoms with van der Waals surface area (Å²) < 4.78 is 24.2. The lowest BCUT2D eigenvalue weighted by atomic mass is 9.90. The zero-order valence-electron chi connectivity index (χ0n) is 12.9. The number of carboxylic acids is 1. The van der Waals surface area contributed by atoms with Gasteiger partial charge in [-0.1, -0.05) is 18.2 Å². The summed E-state index contributed by atoms with van der Waals surface area (Å²) in [6.07, 6.45) is 0.387. The molecule has 0 aromatic heterocycles. The van der Waals surface area contributed by atoms with E-state index in [0.29, 0.717) is 13.0 Å². The molecule has 2 amide bonds. The number of nitrogens with one attached hydrogen (secondary N) is 1. The lowest BCUT2D eigenvalue weighted by Gasteiger charge is -2.20. The number of hydrogen-bond acceptors (Lipinski definition) is 4. The van der Waals surface area contributed by atoms with Crippen LogP contribution in [-0.2, 0) is 14.6 Å². The normalized spacial score (nSPS) is 21.2. The van der Waals surface area contributed by atoms with Gasteiger partial charge in [-0.05, 0) is 25.5 Å². The lowest BCUT2D eigenvalue weighted by molar-refractivity contribution is -0.147. The Bertz CT molecular complexity index is 689. The SMILES string of the molecule is CC1(C(=O)O)CCN(C(=O)NCCS(=O)(=O)c2ccccc2)C1. The fourth-order valence-corrected chi connectivity index (χ4v) is 3.64. The van der Waals surface area contributed by atoms with Crippen molar-refractivity contribution in [1.82, 2.24) is 10.2 Å². The molecule has 1 atom stereocenters. The Balaban J connectivity index is 1.85. The summed E-state index contributed by atoms with van der Waals surface area (Å²) in [6, 6.07) is 7.60. The van der Waals surface area contributed by atoms with Crippen molar-refractivity contribution in [3.63, 3.8) is 0 Å². The molecule has 7 nitrogen and oxygen atoms in total. The first-order valence-corrected chi connectivity index (χ1v) is 8.94. The van der Waals surface area contributed by atoms with E-state index in [0.717, 1.165) is 0 Å². The van der Waals surface area contributed by atoms with Gasteiger partial charge in [-0.25, -0.2) is 13.2 Å². The van der Waals surface area contributed by atoms with Gasteiger partial charge in [0.2, 0.25) is 0 Å². The van der Waals surface area contributed by atoms with Gasteiger partial charge in [-0.3, -0.25) is 4.79 Å². The summed E-state index contributed by atoms with van der Waals surface area (Å²) in [7, 11) is -3.44. The van der Waals surface area contributed by atoms with E-state index in [9.17, 15) is 18.0 Å². The number of carboxylic acid groups (broad SMARTS) is 1. The maximum atomic E-state index is 12.1. The van der Waals surface area contributed by atoms with E-state index < -0.39 is 27.3 Å². The molecule has 1 fully saturated rings. The van der Waals surface area contributed by atoms with Gasteiger partial charge in [0.25, 0.3) is 0 Å². The zero-order chi connectivity index (χ0) is 17.1. The average Bonchev–Trinajstić information content (AvgIpc) is 2.92. The van der Waals surface area contributed by atoms with Crippen LogP contribution in [0.15, 0.2) is 35.2 Å². The number of hydrogen-bond donors (Lipinski definition) is 2. The van der Waals surface area contributed by atoms with Crippen LogP contribution in [0.1, 0.15) is 13.3 Å². The Morgan fingerprint density at radius 2 is 1.96 bits per heavy atom. The van der Waals surface area contributed by atoms with Crippen molar-refractivity contribution in [2.75, 3.05) is 25.4 Å². The predicted molar refractivity (Wildman–Crippen MR) is 83.8 cm³/mol. The summed E-state index contributed by atoms with van der Waals surface area (Å²) in [5.74, 6) is -1.13. The number of rotatable bonds is 5. The van der Waals surface area contributed by atoms with E-state index in [4.69, 9.17) is 5.11 Å². The first-order valence-electron chi connectivity index (χ1n) is 7.29. The summed E-state index contributed by atoms with van der Waals surface area (Å²) in [6.45, 7) is 2.05. The number of urea groups is 1. The van der Waals surface area contributed by atoms with Gasteiger partial charge in [-0.2, -0.15) is 0 Å². The van der Waals surface area contributed by atoms with Crippen LogP contribution in [0.3, 0.4) is 0 Å². The second kappa shape index (κ2) is 6.57. The lowest BCUT2D eigenvalue weighted by Crippen LogP contribution is -2.42. The summed E-state index contributed by atoms with van der Waals surface area (Å²) in [4.78, 5) is 24.8. The molecule has 0 bridgehead atoms. The number of aliphatic carboxylic acids is 1. The van der Waals surface area contributed by atoms with Crippen LogP contribution >= 0.6 is 0 Å². The van der Waals surface area contributed by atoms with Gasteiger partial charge in [0.15, 0.2) is 9.84 Å².